The molecule has 2 heterocycles. The maximum absolute atomic E-state index is 5.07. The quantitative estimate of drug-likeness (QED) is 0.200. The van der Waals surface area contributed by atoms with Crippen LogP contribution in [0.25, 0.3) is 77.0 Å². The van der Waals surface area contributed by atoms with E-state index in [4.69, 9.17) is 10.2 Å². The molecule has 0 atom stereocenters. The van der Waals surface area contributed by atoms with Crippen LogP contribution in [0.4, 0.5) is 0 Å². The molecule has 0 N–H and O–H groups in total. The monoisotopic (exact) mass is 562 g/mol. The van der Waals surface area contributed by atoms with Gasteiger partial charge in [-0.2, -0.15) is 10.2 Å². The van der Waals surface area contributed by atoms with E-state index in [0.29, 0.717) is 0 Å². The fraction of sp³-hybridized carbons (Fsp3) is 0. The average Bonchev–Trinajstić information content (AvgIpc) is 3.77. The van der Waals surface area contributed by atoms with Crippen molar-refractivity contribution in [1.29, 1.82) is 0 Å². The highest BCUT2D eigenvalue weighted by Crippen LogP contribution is 2.38. The molecule has 2 aromatic heterocycles. The SMILES string of the molecule is c1ccc2c(-c3ccn(-c4ccc(-n5nccc5-c5c6ccccc6cc6ccccc56)cc4)n3)c3ccccc3cc2c1. The first-order chi connectivity index (χ1) is 21.8. The minimum atomic E-state index is 0.958. The third kappa shape index (κ3) is 3.85. The molecule has 206 valence electrons. The number of hydrogen-bond acceptors (Lipinski definition) is 2. The Bertz CT molecular complexity index is 2390. The summed E-state index contributed by atoms with van der Waals surface area (Å²) >= 11 is 0. The van der Waals surface area contributed by atoms with Gasteiger partial charge >= 0.3 is 0 Å². The van der Waals surface area contributed by atoms with E-state index >= 15 is 0 Å². The summed E-state index contributed by atoms with van der Waals surface area (Å²) in [4.78, 5) is 0. The van der Waals surface area contributed by atoms with Crippen LogP contribution < -0.4 is 0 Å². The number of aromatic nitrogens is 4. The molecular weight excluding hydrogens is 536 g/mol. The van der Waals surface area contributed by atoms with Crippen LogP contribution in [0.3, 0.4) is 0 Å². The number of fused-ring (bicyclic) bond motifs is 4. The standard InChI is InChI=1S/C40H26N4/c1-5-13-33-27(9-1)25-28-10-2-6-14-34(28)39(33)37-22-24-43(42-37)31-17-19-32(20-18-31)44-38(21-23-41-44)40-35-15-7-3-11-29(35)26-30-12-4-8-16-36(30)40/h1-26H. The smallest absolute Gasteiger partial charge is 0.0940 e. The van der Waals surface area contributed by atoms with Crippen molar-refractivity contribution >= 4 is 43.1 Å². The van der Waals surface area contributed by atoms with Gasteiger partial charge < -0.3 is 0 Å². The van der Waals surface area contributed by atoms with Crippen LogP contribution in [0.15, 0.2) is 158 Å². The lowest BCUT2D eigenvalue weighted by Crippen LogP contribution is -2.01. The lowest BCUT2D eigenvalue weighted by atomic mass is 9.95. The molecule has 0 spiro atoms. The predicted molar refractivity (Wildman–Crippen MR) is 182 cm³/mol. The van der Waals surface area contributed by atoms with E-state index < -0.39 is 0 Å². The molecule has 4 heteroatoms. The van der Waals surface area contributed by atoms with Gasteiger partial charge in [0.15, 0.2) is 0 Å². The van der Waals surface area contributed by atoms with Crippen molar-refractivity contribution in [3.05, 3.63) is 158 Å². The van der Waals surface area contributed by atoms with Gasteiger partial charge in [-0.1, -0.05) is 97.1 Å². The van der Waals surface area contributed by atoms with Crippen LogP contribution in [0.5, 0.6) is 0 Å². The average molecular weight is 563 g/mol. The second kappa shape index (κ2) is 9.79. The first-order valence-electron chi connectivity index (χ1n) is 14.8. The second-order valence-corrected chi connectivity index (χ2v) is 11.2. The van der Waals surface area contributed by atoms with E-state index in [1.54, 1.807) is 0 Å². The minimum Gasteiger partial charge on any atom is -0.240 e. The van der Waals surface area contributed by atoms with Gasteiger partial charge in [-0.15, -0.1) is 0 Å². The van der Waals surface area contributed by atoms with Gasteiger partial charge in [-0.05, 0) is 91.6 Å². The molecule has 0 aliphatic carbocycles. The lowest BCUT2D eigenvalue weighted by molar-refractivity contribution is 0.870. The van der Waals surface area contributed by atoms with Gasteiger partial charge in [-0.3, -0.25) is 0 Å². The Morgan fingerprint density at radius 1 is 0.432 bits per heavy atom. The van der Waals surface area contributed by atoms with Gasteiger partial charge in [0.05, 0.1) is 29.0 Å². The molecule has 0 saturated carbocycles. The highest BCUT2D eigenvalue weighted by atomic mass is 15.3. The van der Waals surface area contributed by atoms with Crippen molar-refractivity contribution in [3.8, 4) is 33.9 Å². The Balaban J connectivity index is 1.13. The van der Waals surface area contributed by atoms with Crippen LogP contribution >= 0.6 is 0 Å². The number of benzene rings is 7. The molecule has 0 radical (unpaired) electrons. The molecule has 0 amide bonds. The lowest BCUT2D eigenvalue weighted by Gasteiger charge is -2.14. The van der Waals surface area contributed by atoms with Gasteiger partial charge in [0.1, 0.15) is 0 Å². The van der Waals surface area contributed by atoms with Crippen molar-refractivity contribution in [2.45, 2.75) is 0 Å². The zero-order valence-corrected chi connectivity index (χ0v) is 23.8. The van der Waals surface area contributed by atoms with Crippen LogP contribution in [-0.4, -0.2) is 19.6 Å². The van der Waals surface area contributed by atoms with Gasteiger partial charge in [0.25, 0.3) is 0 Å². The first-order valence-corrected chi connectivity index (χ1v) is 14.8. The summed E-state index contributed by atoms with van der Waals surface area (Å²) in [5, 5.41) is 19.6. The number of hydrogen-bond donors (Lipinski definition) is 0. The van der Waals surface area contributed by atoms with Crippen molar-refractivity contribution in [2.75, 3.05) is 0 Å². The van der Waals surface area contributed by atoms with E-state index in [9.17, 15) is 0 Å². The Morgan fingerprint density at radius 3 is 1.45 bits per heavy atom. The third-order valence-electron chi connectivity index (χ3n) is 8.65. The van der Waals surface area contributed by atoms with E-state index in [1.165, 1.54) is 48.7 Å². The highest BCUT2D eigenvalue weighted by Gasteiger charge is 2.16. The van der Waals surface area contributed by atoms with Crippen molar-refractivity contribution in [3.63, 3.8) is 0 Å². The minimum absolute atomic E-state index is 0.958. The zero-order chi connectivity index (χ0) is 29.0. The Labute approximate surface area is 254 Å². The highest BCUT2D eigenvalue weighted by molar-refractivity contribution is 6.13. The number of rotatable bonds is 4. The summed E-state index contributed by atoms with van der Waals surface area (Å²) in [6.45, 7) is 0. The molecule has 0 unspecified atom stereocenters. The summed E-state index contributed by atoms with van der Waals surface area (Å²) < 4.78 is 3.99. The molecule has 44 heavy (non-hydrogen) atoms. The Kier molecular flexibility index (Phi) is 5.47. The van der Waals surface area contributed by atoms with E-state index in [-0.39, 0.29) is 0 Å². The summed E-state index contributed by atoms with van der Waals surface area (Å²) in [5.74, 6) is 0. The zero-order valence-electron chi connectivity index (χ0n) is 23.8. The molecule has 0 aliphatic heterocycles. The third-order valence-corrected chi connectivity index (χ3v) is 8.65. The van der Waals surface area contributed by atoms with Crippen LogP contribution in [-0.2, 0) is 0 Å². The molecule has 4 nitrogen and oxygen atoms in total. The largest absolute Gasteiger partial charge is 0.240 e. The van der Waals surface area contributed by atoms with E-state index in [0.717, 1.165) is 28.3 Å². The molecule has 7 aromatic carbocycles. The summed E-state index contributed by atoms with van der Waals surface area (Å²) in [7, 11) is 0. The second-order valence-electron chi connectivity index (χ2n) is 11.2. The fourth-order valence-corrected chi connectivity index (χ4v) is 6.63. The van der Waals surface area contributed by atoms with Gasteiger partial charge in [0, 0.05) is 17.3 Å². The van der Waals surface area contributed by atoms with E-state index in [1.807, 2.05) is 21.8 Å². The molecule has 0 fully saturated rings. The maximum Gasteiger partial charge on any atom is 0.0940 e. The van der Waals surface area contributed by atoms with Gasteiger partial charge in [-0.25, -0.2) is 9.36 Å². The topological polar surface area (TPSA) is 35.6 Å². The van der Waals surface area contributed by atoms with Gasteiger partial charge in [0.2, 0.25) is 0 Å². The van der Waals surface area contributed by atoms with Crippen LogP contribution in [0, 0.1) is 0 Å². The fourth-order valence-electron chi connectivity index (χ4n) is 6.63. The van der Waals surface area contributed by atoms with Crippen molar-refractivity contribution < 1.29 is 0 Å². The molecular formula is C40H26N4. The summed E-state index contributed by atoms with van der Waals surface area (Å²) in [5.41, 5.74) is 6.37. The van der Waals surface area contributed by atoms with Crippen LogP contribution in [0.1, 0.15) is 0 Å². The maximum atomic E-state index is 5.07. The number of nitrogens with zero attached hydrogens (tertiary/aromatic N) is 4. The molecule has 0 bridgehead atoms. The Hall–Kier alpha value is -6.00. The predicted octanol–water partition coefficient (Wildman–Crippen LogP) is 10.0. The summed E-state index contributed by atoms with van der Waals surface area (Å²) in [6, 6.07) is 51.5. The molecule has 0 aliphatic rings. The molecule has 9 rings (SSSR count). The van der Waals surface area contributed by atoms with Crippen molar-refractivity contribution in [1.82, 2.24) is 19.6 Å². The van der Waals surface area contributed by atoms with Crippen LogP contribution in [0.2, 0.25) is 0 Å². The normalized spacial score (nSPS) is 11.6. The van der Waals surface area contributed by atoms with E-state index in [2.05, 4.69) is 146 Å². The molecule has 9 aromatic rings. The summed E-state index contributed by atoms with van der Waals surface area (Å²) in [6.07, 6.45) is 3.93. The first kappa shape index (κ1) is 24.6. The molecule has 0 saturated heterocycles. The van der Waals surface area contributed by atoms with Crippen molar-refractivity contribution in [2.24, 2.45) is 0 Å². The Morgan fingerprint density at radius 2 is 0.909 bits per heavy atom.